The Labute approximate surface area is 98.0 Å². The van der Waals surface area contributed by atoms with Crippen LogP contribution in [0.5, 0.6) is 0 Å². The van der Waals surface area contributed by atoms with E-state index in [1.165, 1.54) is 0 Å². The van der Waals surface area contributed by atoms with Crippen molar-refractivity contribution >= 4 is 5.91 Å². The molecule has 0 spiro atoms. The number of carbonyl (C=O) groups excluding carboxylic acids is 1. The van der Waals surface area contributed by atoms with Gasteiger partial charge < -0.3 is 15.3 Å². The van der Waals surface area contributed by atoms with E-state index in [1.807, 2.05) is 32.6 Å². The lowest BCUT2D eigenvalue weighted by Gasteiger charge is -2.29. The Balaban J connectivity index is 2.62. The molecule has 16 heavy (non-hydrogen) atoms. The molecule has 0 aromatic carbocycles. The minimum absolute atomic E-state index is 0.0357. The first-order chi connectivity index (χ1) is 7.47. The van der Waals surface area contributed by atoms with E-state index in [0.29, 0.717) is 12.0 Å². The second-order valence-corrected chi connectivity index (χ2v) is 5.19. The molecule has 0 radical (unpaired) electrons. The SMILES string of the molecule is CC(C)NC1CCN([C@@H](CO)C(C)C)C1=O. The maximum atomic E-state index is 12.1. The van der Waals surface area contributed by atoms with Crippen LogP contribution in [-0.2, 0) is 4.79 Å². The van der Waals surface area contributed by atoms with Gasteiger partial charge in [0.15, 0.2) is 0 Å². The molecule has 4 heteroatoms. The lowest BCUT2D eigenvalue weighted by Crippen LogP contribution is -2.47. The minimum atomic E-state index is -0.0622. The van der Waals surface area contributed by atoms with E-state index in [2.05, 4.69) is 5.32 Å². The van der Waals surface area contributed by atoms with Crippen LogP contribution in [0.4, 0.5) is 0 Å². The molecule has 0 saturated carbocycles. The van der Waals surface area contributed by atoms with Gasteiger partial charge in [-0.1, -0.05) is 27.7 Å². The Morgan fingerprint density at radius 2 is 2.06 bits per heavy atom. The number of aliphatic hydroxyl groups excluding tert-OH is 1. The van der Waals surface area contributed by atoms with Crippen molar-refractivity contribution in [2.24, 2.45) is 5.92 Å². The van der Waals surface area contributed by atoms with E-state index in [-0.39, 0.29) is 24.6 Å². The largest absolute Gasteiger partial charge is 0.394 e. The molecule has 1 unspecified atom stereocenters. The zero-order chi connectivity index (χ0) is 12.3. The monoisotopic (exact) mass is 228 g/mol. The van der Waals surface area contributed by atoms with Crippen LogP contribution >= 0.6 is 0 Å². The molecule has 2 atom stereocenters. The van der Waals surface area contributed by atoms with Gasteiger partial charge in [-0.3, -0.25) is 4.79 Å². The van der Waals surface area contributed by atoms with E-state index in [4.69, 9.17) is 0 Å². The summed E-state index contributed by atoms with van der Waals surface area (Å²) in [5.74, 6) is 0.438. The second kappa shape index (κ2) is 5.64. The predicted molar refractivity (Wildman–Crippen MR) is 64.1 cm³/mol. The number of nitrogens with one attached hydrogen (secondary N) is 1. The summed E-state index contributed by atoms with van der Waals surface area (Å²) < 4.78 is 0. The quantitative estimate of drug-likeness (QED) is 0.724. The molecule has 0 aromatic rings. The maximum Gasteiger partial charge on any atom is 0.240 e. The molecule has 1 fully saturated rings. The van der Waals surface area contributed by atoms with Gasteiger partial charge in [0.2, 0.25) is 5.91 Å². The average molecular weight is 228 g/mol. The van der Waals surface area contributed by atoms with Crippen molar-refractivity contribution in [3.05, 3.63) is 0 Å². The first-order valence-electron chi connectivity index (χ1n) is 6.14. The van der Waals surface area contributed by atoms with Crippen molar-refractivity contribution in [2.45, 2.75) is 52.2 Å². The number of carbonyl (C=O) groups is 1. The van der Waals surface area contributed by atoms with Gasteiger partial charge in [-0.2, -0.15) is 0 Å². The third-order valence-corrected chi connectivity index (χ3v) is 3.13. The standard InChI is InChI=1S/C12H24N2O2/c1-8(2)11(7-15)14-6-5-10(12(14)16)13-9(3)4/h8-11,13,15H,5-7H2,1-4H3/t10?,11-/m0/s1. The van der Waals surface area contributed by atoms with E-state index >= 15 is 0 Å². The molecular formula is C12H24N2O2. The van der Waals surface area contributed by atoms with Gasteiger partial charge in [-0.25, -0.2) is 0 Å². The van der Waals surface area contributed by atoms with Crippen LogP contribution in [0, 0.1) is 5.92 Å². The molecule has 1 heterocycles. The number of aliphatic hydroxyl groups is 1. The summed E-state index contributed by atoms with van der Waals surface area (Å²) in [5.41, 5.74) is 0. The molecule has 2 N–H and O–H groups in total. The first-order valence-corrected chi connectivity index (χ1v) is 6.14. The smallest absolute Gasteiger partial charge is 0.240 e. The van der Waals surface area contributed by atoms with E-state index in [0.717, 1.165) is 13.0 Å². The Kier molecular flexibility index (Phi) is 4.74. The molecular weight excluding hydrogens is 204 g/mol. The number of amides is 1. The molecule has 0 aliphatic carbocycles. The van der Waals surface area contributed by atoms with Gasteiger partial charge in [0.05, 0.1) is 18.7 Å². The van der Waals surface area contributed by atoms with Crippen LogP contribution in [0.2, 0.25) is 0 Å². The summed E-state index contributed by atoms with van der Waals surface area (Å²) >= 11 is 0. The summed E-state index contributed by atoms with van der Waals surface area (Å²) in [6, 6.07) is 0.222. The van der Waals surface area contributed by atoms with Crippen LogP contribution in [0.1, 0.15) is 34.1 Å². The zero-order valence-corrected chi connectivity index (χ0v) is 10.7. The first kappa shape index (κ1) is 13.5. The van der Waals surface area contributed by atoms with Gasteiger partial charge in [0, 0.05) is 12.6 Å². The van der Waals surface area contributed by atoms with Gasteiger partial charge >= 0.3 is 0 Å². The Morgan fingerprint density at radius 1 is 1.44 bits per heavy atom. The van der Waals surface area contributed by atoms with Gasteiger partial charge in [-0.15, -0.1) is 0 Å². The molecule has 1 aliphatic rings. The summed E-state index contributed by atoms with van der Waals surface area (Å²) in [4.78, 5) is 13.9. The van der Waals surface area contributed by atoms with Crippen LogP contribution in [0.3, 0.4) is 0 Å². The lowest BCUT2D eigenvalue weighted by atomic mass is 10.0. The van der Waals surface area contributed by atoms with Gasteiger partial charge in [0.1, 0.15) is 0 Å². The van der Waals surface area contributed by atoms with Crippen molar-refractivity contribution in [3.63, 3.8) is 0 Å². The Hall–Kier alpha value is -0.610. The van der Waals surface area contributed by atoms with Crippen molar-refractivity contribution in [1.82, 2.24) is 10.2 Å². The third-order valence-electron chi connectivity index (χ3n) is 3.13. The summed E-state index contributed by atoms with van der Waals surface area (Å²) in [6.45, 7) is 8.98. The average Bonchev–Trinajstić information content (AvgIpc) is 2.50. The second-order valence-electron chi connectivity index (χ2n) is 5.19. The molecule has 0 bridgehead atoms. The van der Waals surface area contributed by atoms with Crippen LogP contribution in [0.25, 0.3) is 0 Å². The fourth-order valence-corrected chi connectivity index (χ4v) is 2.26. The van der Waals surface area contributed by atoms with Crippen molar-refractivity contribution < 1.29 is 9.90 Å². The molecule has 1 saturated heterocycles. The third kappa shape index (κ3) is 2.95. The minimum Gasteiger partial charge on any atom is -0.394 e. The maximum absolute atomic E-state index is 12.1. The molecule has 0 aromatic heterocycles. The Bertz CT molecular complexity index is 241. The lowest BCUT2D eigenvalue weighted by molar-refractivity contribution is -0.133. The summed E-state index contributed by atoms with van der Waals surface area (Å²) in [6.07, 6.45) is 0.847. The number of nitrogens with zero attached hydrogens (tertiary/aromatic N) is 1. The van der Waals surface area contributed by atoms with Gasteiger partial charge in [0.25, 0.3) is 0 Å². The van der Waals surface area contributed by atoms with E-state index in [9.17, 15) is 9.90 Å². The van der Waals surface area contributed by atoms with Crippen LogP contribution < -0.4 is 5.32 Å². The van der Waals surface area contributed by atoms with Crippen LogP contribution in [0.15, 0.2) is 0 Å². The van der Waals surface area contributed by atoms with Crippen LogP contribution in [-0.4, -0.2) is 47.2 Å². The molecule has 1 rings (SSSR count). The number of rotatable bonds is 5. The molecule has 4 nitrogen and oxygen atoms in total. The summed E-state index contributed by atoms with van der Waals surface area (Å²) in [7, 11) is 0. The molecule has 1 amide bonds. The fourth-order valence-electron chi connectivity index (χ4n) is 2.26. The van der Waals surface area contributed by atoms with Crippen molar-refractivity contribution in [1.29, 1.82) is 0 Å². The normalized spacial score (nSPS) is 23.6. The highest BCUT2D eigenvalue weighted by Crippen LogP contribution is 2.19. The number of hydrogen-bond acceptors (Lipinski definition) is 3. The van der Waals surface area contributed by atoms with Gasteiger partial charge in [-0.05, 0) is 12.3 Å². The molecule has 1 aliphatic heterocycles. The Morgan fingerprint density at radius 3 is 2.50 bits per heavy atom. The number of hydrogen-bond donors (Lipinski definition) is 2. The predicted octanol–water partition coefficient (Wildman–Crippen LogP) is 0.602. The molecule has 94 valence electrons. The van der Waals surface area contributed by atoms with Crippen molar-refractivity contribution in [2.75, 3.05) is 13.2 Å². The summed E-state index contributed by atoms with van der Waals surface area (Å²) in [5, 5.41) is 12.6. The highest BCUT2D eigenvalue weighted by atomic mass is 16.3. The fraction of sp³-hybridized carbons (Fsp3) is 0.917. The highest BCUT2D eigenvalue weighted by molar-refractivity contribution is 5.84. The van der Waals surface area contributed by atoms with E-state index < -0.39 is 0 Å². The zero-order valence-electron chi connectivity index (χ0n) is 10.7. The van der Waals surface area contributed by atoms with E-state index in [1.54, 1.807) is 0 Å². The number of likely N-dealkylation sites (tertiary alicyclic amines) is 1. The van der Waals surface area contributed by atoms with Crippen molar-refractivity contribution in [3.8, 4) is 0 Å². The highest BCUT2D eigenvalue weighted by Gasteiger charge is 2.36. The topological polar surface area (TPSA) is 52.6 Å².